The molecule has 2 aliphatic rings. The summed E-state index contributed by atoms with van der Waals surface area (Å²) in [5.41, 5.74) is 3.25. The summed E-state index contributed by atoms with van der Waals surface area (Å²) >= 11 is 5.04. The summed E-state index contributed by atoms with van der Waals surface area (Å²) in [7, 11) is 1.52. The van der Waals surface area contributed by atoms with Crippen molar-refractivity contribution in [3.05, 3.63) is 74.1 Å². The van der Waals surface area contributed by atoms with Crippen molar-refractivity contribution in [3.63, 3.8) is 0 Å². The number of hydrogen-bond acceptors (Lipinski definition) is 6. The minimum atomic E-state index is -0.472. The lowest BCUT2D eigenvalue weighted by Gasteiger charge is -2.27. The van der Waals surface area contributed by atoms with E-state index < -0.39 is 12.1 Å². The highest BCUT2D eigenvalue weighted by Gasteiger charge is 2.33. The van der Waals surface area contributed by atoms with Crippen LogP contribution in [0.5, 0.6) is 11.5 Å². The Bertz CT molecular complexity index is 1240. The topological polar surface area (TPSA) is 76.7 Å². The lowest BCUT2D eigenvalue weighted by atomic mass is 9.88. The molecule has 0 fully saturated rings. The number of thiophene rings is 1. The fourth-order valence-corrected chi connectivity index (χ4v) is 6.02. The number of carbonyl (C=O) groups is 2. The van der Waals surface area contributed by atoms with Crippen molar-refractivity contribution < 1.29 is 19.1 Å². The number of rotatable bonds is 4. The summed E-state index contributed by atoms with van der Waals surface area (Å²) in [4.78, 5) is 26.8. The lowest BCUT2D eigenvalue weighted by molar-refractivity contribution is 0.0729. The molecule has 6 nitrogen and oxygen atoms in total. The number of esters is 1. The molecule has 8 heteroatoms. The molecular formula is C25H23BrN2O4S. The molecule has 2 aromatic carbocycles. The van der Waals surface area contributed by atoms with E-state index in [9.17, 15) is 9.59 Å². The largest absolute Gasteiger partial charge is 0.493 e. The molecule has 2 heterocycles. The Morgan fingerprint density at radius 3 is 2.67 bits per heavy atom. The second-order valence-electron chi connectivity index (χ2n) is 8.41. The van der Waals surface area contributed by atoms with Gasteiger partial charge in [0.1, 0.15) is 11.2 Å². The van der Waals surface area contributed by atoms with Crippen molar-refractivity contribution in [1.82, 2.24) is 5.32 Å². The Labute approximate surface area is 204 Å². The average molecular weight is 527 g/mol. The molecule has 1 aromatic heterocycles. The summed E-state index contributed by atoms with van der Waals surface area (Å²) < 4.78 is 11.9. The Balaban J connectivity index is 1.38. The second kappa shape index (κ2) is 8.83. The van der Waals surface area contributed by atoms with Crippen molar-refractivity contribution in [2.75, 3.05) is 12.4 Å². The van der Waals surface area contributed by atoms with Crippen LogP contribution in [0.3, 0.4) is 0 Å². The number of carbonyl (C=O) groups excluding carboxylic acids is 2. The number of ether oxygens (including phenoxy) is 2. The molecule has 0 bridgehead atoms. The predicted octanol–water partition coefficient (Wildman–Crippen LogP) is 5.72. The molecule has 2 atom stereocenters. The van der Waals surface area contributed by atoms with Crippen LogP contribution in [0, 0.1) is 5.92 Å². The number of nitrogens with one attached hydrogen (secondary N) is 2. The van der Waals surface area contributed by atoms with Gasteiger partial charge in [-0.25, -0.2) is 4.79 Å². The Morgan fingerprint density at radius 1 is 1.12 bits per heavy atom. The quantitative estimate of drug-likeness (QED) is 0.336. The van der Waals surface area contributed by atoms with Gasteiger partial charge in [-0.15, -0.1) is 11.3 Å². The molecule has 1 amide bonds. The maximum absolute atomic E-state index is 13.0. The minimum absolute atomic E-state index is 0.0505. The number of benzene rings is 2. The zero-order chi connectivity index (χ0) is 23.1. The number of hydrogen-bond donors (Lipinski definition) is 2. The van der Waals surface area contributed by atoms with E-state index in [1.807, 2.05) is 6.07 Å². The zero-order valence-electron chi connectivity index (χ0n) is 18.2. The van der Waals surface area contributed by atoms with Gasteiger partial charge < -0.3 is 20.1 Å². The molecule has 0 radical (unpaired) electrons. The highest BCUT2D eigenvalue weighted by Crippen LogP contribution is 2.43. The smallest absolute Gasteiger partial charge is 0.343 e. The number of methoxy groups -OCH3 is 1. The molecule has 2 unspecified atom stereocenters. The molecule has 170 valence electrons. The first kappa shape index (κ1) is 22.0. The van der Waals surface area contributed by atoms with Gasteiger partial charge in [0.2, 0.25) is 0 Å². The van der Waals surface area contributed by atoms with Crippen molar-refractivity contribution >= 4 is 44.1 Å². The van der Waals surface area contributed by atoms with Crippen LogP contribution < -0.4 is 20.1 Å². The Hall–Kier alpha value is -2.84. The van der Waals surface area contributed by atoms with Crippen molar-refractivity contribution in [2.24, 2.45) is 5.92 Å². The van der Waals surface area contributed by atoms with E-state index in [4.69, 9.17) is 9.47 Å². The van der Waals surface area contributed by atoms with Crippen molar-refractivity contribution in [3.8, 4) is 11.5 Å². The molecule has 5 rings (SSSR count). The first-order chi connectivity index (χ1) is 15.9. The fraction of sp³-hybridized carbons (Fsp3) is 0.280. The third kappa shape index (κ3) is 4.25. The summed E-state index contributed by atoms with van der Waals surface area (Å²) in [6.45, 7) is 2.26. The summed E-state index contributed by atoms with van der Waals surface area (Å²) in [5.74, 6) is 0.858. The van der Waals surface area contributed by atoms with Gasteiger partial charge in [0.15, 0.2) is 11.5 Å². The fourth-order valence-electron chi connectivity index (χ4n) is 4.32. The third-order valence-corrected chi connectivity index (χ3v) is 7.81. The number of halogens is 1. The van der Waals surface area contributed by atoms with Crippen molar-refractivity contribution in [1.29, 1.82) is 0 Å². The summed E-state index contributed by atoms with van der Waals surface area (Å²) in [6.07, 6.45) is 2.70. The maximum Gasteiger partial charge on any atom is 0.343 e. The van der Waals surface area contributed by atoms with E-state index in [0.29, 0.717) is 23.0 Å². The van der Waals surface area contributed by atoms with E-state index in [-0.39, 0.29) is 5.91 Å². The van der Waals surface area contributed by atoms with Gasteiger partial charge in [-0.2, -0.15) is 0 Å². The first-order valence-corrected chi connectivity index (χ1v) is 12.4. The first-order valence-electron chi connectivity index (χ1n) is 10.8. The van der Waals surface area contributed by atoms with Crippen LogP contribution in [0.2, 0.25) is 0 Å². The van der Waals surface area contributed by atoms with E-state index in [1.165, 1.54) is 17.6 Å². The molecular weight excluding hydrogens is 504 g/mol. The predicted molar refractivity (Wildman–Crippen MR) is 131 cm³/mol. The Kier molecular flexibility index (Phi) is 5.88. The molecule has 3 aromatic rings. The molecule has 2 N–H and O–H groups in total. The second-order valence-corrected chi connectivity index (χ2v) is 10.4. The average Bonchev–Trinajstić information content (AvgIpc) is 3.17. The van der Waals surface area contributed by atoms with Crippen LogP contribution in [0.25, 0.3) is 0 Å². The summed E-state index contributed by atoms with van der Waals surface area (Å²) in [5, 5.41) is 7.47. The van der Waals surface area contributed by atoms with E-state index in [2.05, 4.69) is 33.5 Å². The molecule has 0 spiro atoms. The normalized spacial score (nSPS) is 19.1. The SMILES string of the molecule is COc1cc(C2NC(=O)c3c(sc4c3CCC(C)C4)N2)ccc1OC(=O)c1ccc(Br)cc1. The molecule has 33 heavy (non-hydrogen) atoms. The summed E-state index contributed by atoms with van der Waals surface area (Å²) in [6, 6.07) is 12.2. The highest BCUT2D eigenvalue weighted by molar-refractivity contribution is 9.10. The van der Waals surface area contributed by atoms with Gasteiger partial charge in [-0.3, -0.25) is 4.79 Å². The van der Waals surface area contributed by atoms with E-state index in [1.54, 1.807) is 47.7 Å². The molecule has 0 saturated carbocycles. The lowest BCUT2D eigenvalue weighted by Crippen LogP contribution is -2.38. The number of anilines is 1. The monoisotopic (exact) mass is 526 g/mol. The van der Waals surface area contributed by atoms with Crippen LogP contribution in [0.1, 0.15) is 56.2 Å². The van der Waals surface area contributed by atoms with Gasteiger partial charge in [0, 0.05) is 9.35 Å². The number of amides is 1. The van der Waals surface area contributed by atoms with Crippen molar-refractivity contribution in [2.45, 2.75) is 32.4 Å². The standard InChI is InChI=1S/C25H23BrN2O4S/c1-13-3-9-17-20(11-13)33-24-21(17)23(29)27-22(28-24)15-6-10-18(19(12-15)31-2)32-25(30)14-4-7-16(26)8-5-14/h4-8,10,12-13,22,28H,3,9,11H2,1-2H3,(H,27,29). The maximum atomic E-state index is 13.0. The molecule has 1 aliphatic heterocycles. The molecule has 1 aliphatic carbocycles. The van der Waals surface area contributed by atoms with Gasteiger partial charge >= 0.3 is 5.97 Å². The van der Waals surface area contributed by atoms with Crippen LogP contribution >= 0.6 is 27.3 Å². The minimum Gasteiger partial charge on any atom is -0.493 e. The van der Waals surface area contributed by atoms with Gasteiger partial charge in [-0.05, 0) is 72.7 Å². The van der Waals surface area contributed by atoms with Crippen LogP contribution in [0.4, 0.5) is 5.00 Å². The van der Waals surface area contributed by atoms with Gasteiger partial charge in [0.05, 0.1) is 18.2 Å². The highest BCUT2D eigenvalue weighted by atomic mass is 79.9. The molecule has 0 saturated heterocycles. The van der Waals surface area contributed by atoms with Gasteiger partial charge in [-0.1, -0.05) is 28.9 Å². The van der Waals surface area contributed by atoms with Crippen LogP contribution in [0.15, 0.2) is 46.9 Å². The zero-order valence-corrected chi connectivity index (χ0v) is 20.6. The van der Waals surface area contributed by atoms with E-state index in [0.717, 1.165) is 39.9 Å². The van der Waals surface area contributed by atoms with Crippen LogP contribution in [-0.2, 0) is 12.8 Å². The van der Waals surface area contributed by atoms with E-state index >= 15 is 0 Å². The Morgan fingerprint density at radius 2 is 1.91 bits per heavy atom. The number of fused-ring (bicyclic) bond motifs is 3. The van der Waals surface area contributed by atoms with Gasteiger partial charge in [0.25, 0.3) is 5.91 Å². The van der Waals surface area contributed by atoms with Crippen LogP contribution in [-0.4, -0.2) is 19.0 Å². The third-order valence-electron chi connectivity index (χ3n) is 6.09.